The first kappa shape index (κ1) is 26.1. The summed E-state index contributed by atoms with van der Waals surface area (Å²) in [5, 5.41) is 9.60. The minimum Gasteiger partial charge on any atom is -0.392 e. The molecular formula is C32H40N2O3. The third-order valence-corrected chi connectivity index (χ3v) is 7.85. The van der Waals surface area contributed by atoms with Gasteiger partial charge in [0, 0.05) is 24.6 Å². The molecule has 2 heterocycles. The van der Waals surface area contributed by atoms with E-state index in [-0.39, 0.29) is 24.7 Å². The number of nitrogens with two attached hydrogens (primary N) is 1. The molecule has 3 aromatic carbocycles. The summed E-state index contributed by atoms with van der Waals surface area (Å²) in [6.45, 7) is 3.67. The number of aliphatic hydroxyl groups excluding tert-OH is 1. The molecule has 3 aromatic rings. The second kappa shape index (κ2) is 12.8. The SMILES string of the molecule is NCc1ccc(C2O[C@H](CN3CCCCCCC3)[C@@H](c3ccccc3)[C@H](c3ccc(CO)cc3)O2)cc1. The molecule has 5 heteroatoms. The van der Waals surface area contributed by atoms with Crippen molar-refractivity contribution in [3.8, 4) is 0 Å². The summed E-state index contributed by atoms with van der Waals surface area (Å²) in [4.78, 5) is 2.60. The summed E-state index contributed by atoms with van der Waals surface area (Å²) >= 11 is 0. The maximum absolute atomic E-state index is 9.60. The smallest absolute Gasteiger partial charge is 0.184 e. The Hall–Kier alpha value is -2.54. The summed E-state index contributed by atoms with van der Waals surface area (Å²) < 4.78 is 13.7. The standard InChI is InChI=1S/C32H40N2O3/c33-21-24-11-17-28(18-12-24)32-36-29(22-34-19-7-2-1-3-8-20-34)30(26-9-5-4-6-10-26)31(37-32)27-15-13-25(23-35)14-16-27/h4-6,9-18,29-32,35H,1-3,7-8,19-23,33H2/t29-,30-,31+,32?/m1/s1. The van der Waals surface area contributed by atoms with Gasteiger partial charge in [-0.25, -0.2) is 0 Å². The molecule has 3 N–H and O–H groups in total. The maximum Gasteiger partial charge on any atom is 0.184 e. The molecule has 2 aliphatic heterocycles. The van der Waals surface area contributed by atoms with Gasteiger partial charge in [0.25, 0.3) is 0 Å². The normalized spacial score (nSPS) is 25.4. The quantitative estimate of drug-likeness (QED) is 0.426. The van der Waals surface area contributed by atoms with Crippen molar-refractivity contribution in [3.05, 3.63) is 107 Å². The van der Waals surface area contributed by atoms with E-state index in [2.05, 4.69) is 71.6 Å². The lowest BCUT2D eigenvalue weighted by atomic mass is 9.83. The third-order valence-electron chi connectivity index (χ3n) is 7.85. The highest BCUT2D eigenvalue weighted by Gasteiger charge is 2.42. The minimum atomic E-state index is -0.464. The Morgan fingerprint density at radius 2 is 1.32 bits per heavy atom. The zero-order chi connectivity index (χ0) is 25.5. The fraction of sp³-hybridized carbons (Fsp3) is 0.438. The Balaban J connectivity index is 1.51. The predicted molar refractivity (Wildman–Crippen MR) is 147 cm³/mol. The van der Waals surface area contributed by atoms with Crippen molar-refractivity contribution >= 4 is 0 Å². The van der Waals surface area contributed by atoms with E-state index in [4.69, 9.17) is 15.2 Å². The molecular weight excluding hydrogens is 460 g/mol. The average molecular weight is 501 g/mol. The van der Waals surface area contributed by atoms with E-state index in [1.807, 2.05) is 12.1 Å². The van der Waals surface area contributed by atoms with E-state index < -0.39 is 6.29 Å². The average Bonchev–Trinajstić information content (AvgIpc) is 2.94. The van der Waals surface area contributed by atoms with E-state index in [9.17, 15) is 5.11 Å². The molecule has 2 saturated heterocycles. The van der Waals surface area contributed by atoms with Crippen LogP contribution >= 0.6 is 0 Å². The molecule has 0 bridgehead atoms. The van der Waals surface area contributed by atoms with Crippen LogP contribution in [0.25, 0.3) is 0 Å². The molecule has 5 rings (SSSR count). The number of aliphatic hydroxyl groups is 1. The van der Waals surface area contributed by atoms with Crippen molar-refractivity contribution in [2.75, 3.05) is 19.6 Å². The van der Waals surface area contributed by atoms with Gasteiger partial charge in [-0.1, -0.05) is 98.1 Å². The van der Waals surface area contributed by atoms with Crippen LogP contribution in [0.1, 0.15) is 78.2 Å². The van der Waals surface area contributed by atoms with E-state index in [1.165, 1.54) is 37.7 Å². The summed E-state index contributed by atoms with van der Waals surface area (Å²) in [6, 6.07) is 27.1. The molecule has 37 heavy (non-hydrogen) atoms. The van der Waals surface area contributed by atoms with E-state index >= 15 is 0 Å². The topological polar surface area (TPSA) is 68.0 Å². The molecule has 0 aromatic heterocycles. The Bertz CT molecular complexity index is 1080. The van der Waals surface area contributed by atoms with Crippen LogP contribution in [0.3, 0.4) is 0 Å². The molecule has 4 atom stereocenters. The van der Waals surface area contributed by atoms with Gasteiger partial charge in [-0.3, -0.25) is 0 Å². The third kappa shape index (κ3) is 6.49. The van der Waals surface area contributed by atoms with Gasteiger partial charge >= 0.3 is 0 Å². The van der Waals surface area contributed by atoms with Crippen LogP contribution in [-0.2, 0) is 22.6 Å². The van der Waals surface area contributed by atoms with Gasteiger partial charge in [0.15, 0.2) is 6.29 Å². The second-order valence-corrected chi connectivity index (χ2v) is 10.4. The maximum atomic E-state index is 9.60. The number of rotatable bonds is 7. The Morgan fingerprint density at radius 3 is 1.97 bits per heavy atom. The summed E-state index contributed by atoms with van der Waals surface area (Å²) in [7, 11) is 0. The highest BCUT2D eigenvalue weighted by molar-refractivity contribution is 5.32. The van der Waals surface area contributed by atoms with E-state index in [0.29, 0.717) is 6.54 Å². The number of nitrogens with zero attached hydrogens (tertiary/aromatic N) is 1. The van der Waals surface area contributed by atoms with Gasteiger partial charge < -0.3 is 25.2 Å². The molecule has 2 fully saturated rings. The Morgan fingerprint density at radius 1 is 0.703 bits per heavy atom. The highest BCUT2D eigenvalue weighted by atomic mass is 16.7. The number of benzene rings is 3. The van der Waals surface area contributed by atoms with Gasteiger partial charge in [-0.2, -0.15) is 0 Å². The molecule has 0 saturated carbocycles. The molecule has 196 valence electrons. The predicted octanol–water partition coefficient (Wildman–Crippen LogP) is 5.84. The first-order chi connectivity index (χ1) is 18.2. The van der Waals surface area contributed by atoms with Crippen LogP contribution in [0, 0.1) is 0 Å². The number of hydrogen-bond acceptors (Lipinski definition) is 5. The molecule has 0 amide bonds. The highest BCUT2D eigenvalue weighted by Crippen LogP contribution is 2.47. The van der Waals surface area contributed by atoms with E-state index in [1.54, 1.807) is 0 Å². The molecule has 1 unspecified atom stereocenters. The molecule has 2 aliphatic rings. The van der Waals surface area contributed by atoms with Crippen molar-refractivity contribution in [1.82, 2.24) is 4.90 Å². The first-order valence-electron chi connectivity index (χ1n) is 13.8. The van der Waals surface area contributed by atoms with Gasteiger partial charge in [0.2, 0.25) is 0 Å². The fourth-order valence-corrected chi connectivity index (χ4v) is 5.73. The van der Waals surface area contributed by atoms with Crippen molar-refractivity contribution < 1.29 is 14.6 Å². The Kier molecular flexibility index (Phi) is 9.03. The zero-order valence-corrected chi connectivity index (χ0v) is 21.7. The van der Waals surface area contributed by atoms with Gasteiger partial charge in [0.1, 0.15) is 0 Å². The van der Waals surface area contributed by atoms with Crippen LogP contribution in [0.5, 0.6) is 0 Å². The molecule has 0 aliphatic carbocycles. The van der Waals surface area contributed by atoms with Crippen LogP contribution in [0.4, 0.5) is 0 Å². The zero-order valence-electron chi connectivity index (χ0n) is 21.7. The van der Waals surface area contributed by atoms with Crippen molar-refractivity contribution in [3.63, 3.8) is 0 Å². The summed E-state index contributed by atoms with van der Waals surface area (Å²) in [6.07, 6.45) is 5.78. The first-order valence-corrected chi connectivity index (χ1v) is 13.8. The largest absolute Gasteiger partial charge is 0.392 e. The summed E-state index contributed by atoms with van der Waals surface area (Å²) in [5.74, 6) is 0.0474. The van der Waals surface area contributed by atoms with Gasteiger partial charge in [0.05, 0.1) is 18.8 Å². The lowest BCUT2D eigenvalue weighted by Gasteiger charge is -2.44. The van der Waals surface area contributed by atoms with Crippen LogP contribution < -0.4 is 5.73 Å². The van der Waals surface area contributed by atoms with Crippen LogP contribution in [0.15, 0.2) is 78.9 Å². The van der Waals surface area contributed by atoms with Crippen molar-refractivity contribution in [2.24, 2.45) is 5.73 Å². The summed E-state index contributed by atoms with van der Waals surface area (Å²) in [5.41, 5.74) is 11.2. The van der Waals surface area contributed by atoms with Crippen molar-refractivity contribution in [2.45, 2.75) is 69.7 Å². The van der Waals surface area contributed by atoms with Gasteiger partial charge in [-0.05, 0) is 48.2 Å². The van der Waals surface area contributed by atoms with E-state index in [0.717, 1.165) is 41.9 Å². The van der Waals surface area contributed by atoms with Gasteiger partial charge in [-0.15, -0.1) is 0 Å². The lowest BCUT2D eigenvalue weighted by Crippen LogP contribution is -2.45. The molecule has 0 radical (unpaired) electrons. The minimum absolute atomic E-state index is 0.0303. The fourth-order valence-electron chi connectivity index (χ4n) is 5.73. The van der Waals surface area contributed by atoms with Crippen LogP contribution in [-0.4, -0.2) is 35.7 Å². The molecule has 0 spiro atoms. The molecule has 5 nitrogen and oxygen atoms in total. The second-order valence-electron chi connectivity index (χ2n) is 10.4. The van der Waals surface area contributed by atoms with Crippen LogP contribution in [0.2, 0.25) is 0 Å². The number of ether oxygens (including phenoxy) is 2. The monoisotopic (exact) mass is 500 g/mol. The Labute approximate surface area is 221 Å². The number of likely N-dealkylation sites (tertiary alicyclic amines) is 1. The number of hydrogen-bond donors (Lipinski definition) is 2. The van der Waals surface area contributed by atoms with Crippen molar-refractivity contribution in [1.29, 1.82) is 0 Å². The lowest BCUT2D eigenvalue weighted by molar-refractivity contribution is -0.263.